The number of amides is 3. The van der Waals surface area contributed by atoms with E-state index in [9.17, 15) is 14.4 Å². The third-order valence-corrected chi connectivity index (χ3v) is 7.05. The lowest BCUT2D eigenvalue weighted by Gasteiger charge is -2.18. The number of thioether (sulfide) groups is 1. The maximum Gasteiger partial charge on any atom is 0.275 e. The quantitative estimate of drug-likeness (QED) is 0.259. The molecule has 190 valence electrons. The predicted molar refractivity (Wildman–Crippen MR) is 142 cm³/mol. The van der Waals surface area contributed by atoms with Crippen molar-refractivity contribution in [2.45, 2.75) is 52.0 Å². The highest BCUT2D eigenvalue weighted by Crippen LogP contribution is 2.32. The first kappa shape index (κ1) is 27.0. The van der Waals surface area contributed by atoms with Gasteiger partial charge < -0.3 is 21.8 Å². The molecular formula is C26H32N6O3S. The van der Waals surface area contributed by atoms with E-state index in [1.165, 1.54) is 11.8 Å². The Bertz CT molecular complexity index is 1190. The summed E-state index contributed by atoms with van der Waals surface area (Å²) in [7, 11) is 0. The molecule has 1 aliphatic heterocycles. The molecule has 2 atom stereocenters. The molecule has 0 aliphatic carbocycles. The standard InChI is InChI=1S/C26H32N6O3S/c1-15-5-6-20(13-16(15)2)30-26(35)23(17(3)27)18(4)31-32-25(34)22-8-7-21(36-22)24(33)29-14-19-9-11-28-12-10-19/h5-6,8-13,17,21,31H,7,14,27H2,1-4H3,(H,29,33)(H,30,35)(H,32,34)/b23-18-. The summed E-state index contributed by atoms with van der Waals surface area (Å²) in [5.41, 5.74) is 16.0. The van der Waals surface area contributed by atoms with E-state index in [1.54, 1.807) is 32.3 Å². The smallest absolute Gasteiger partial charge is 0.275 e. The summed E-state index contributed by atoms with van der Waals surface area (Å²) in [5.74, 6) is -0.877. The number of nitrogens with one attached hydrogen (secondary N) is 4. The van der Waals surface area contributed by atoms with Crippen molar-refractivity contribution in [1.29, 1.82) is 0 Å². The highest BCUT2D eigenvalue weighted by atomic mass is 32.2. The van der Waals surface area contributed by atoms with E-state index in [-0.39, 0.29) is 23.0 Å². The summed E-state index contributed by atoms with van der Waals surface area (Å²) < 4.78 is 0. The van der Waals surface area contributed by atoms with Crippen molar-refractivity contribution >= 4 is 35.2 Å². The fraction of sp³-hybridized carbons (Fsp3) is 0.308. The third-order valence-electron chi connectivity index (χ3n) is 5.75. The fourth-order valence-electron chi connectivity index (χ4n) is 3.59. The molecule has 2 heterocycles. The number of rotatable bonds is 9. The molecule has 0 radical (unpaired) electrons. The van der Waals surface area contributed by atoms with Crippen molar-refractivity contribution in [2.75, 3.05) is 5.32 Å². The van der Waals surface area contributed by atoms with Crippen LogP contribution in [0.1, 0.15) is 37.0 Å². The zero-order chi connectivity index (χ0) is 26.2. The van der Waals surface area contributed by atoms with E-state index in [4.69, 9.17) is 5.73 Å². The third kappa shape index (κ3) is 7.19. The van der Waals surface area contributed by atoms with Crippen molar-refractivity contribution in [3.05, 3.63) is 81.7 Å². The van der Waals surface area contributed by atoms with E-state index in [1.807, 2.05) is 44.2 Å². The molecule has 3 amide bonds. The normalized spacial score (nSPS) is 16.4. The van der Waals surface area contributed by atoms with Crippen LogP contribution in [0.2, 0.25) is 0 Å². The number of hydrazine groups is 1. The minimum atomic E-state index is -0.575. The van der Waals surface area contributed by atoms with Gasteiger partial charge in [-0.2, -0.15) is 0 Å². The molecule has 0 bridgehead atoms. The number of anilines is 1. The van der Waals surface area contributed by atoms with Crippen molar-refractivity contribution < 1.29 is 14.4 Å². The number of nitrogens with zero attached hydrogens (tertiary/aromatic N) is 1. The van der Waals surface area contributed by atoms with Crippen LogP contribution in [0.15, 0.2) is 65.0 Å². The number of aryl methyl sites for hydroxylation is 2. The van der Waals surface area contributed by atoms with Crippen LogP contribution in [-0.2, 0) is 20.9 Å². The summed E-state index contributed by atoms with van der Waals surface area (Å²) in [6, 6.07) is 8.75. The topological polar surface area (TPSA) is 138 Å². The van der Waals surface area contributed by atoms with Crippen LogP contribution in [0.25, 0.3) is 0 Å². The van der Waals surface area contributed by atoms with Gasteiger partial charge in [0.15, 0.2) is 0 Å². The Morgan fingerprint density at radius 2 is 1.83 bits per heavy atom. The lowest BCUT2D eigenvalue weighted by molar-refractivity contribution is -0.120. The Balaban J connectivity index is 1.54. The van der Waals surface area contributed by atoms with Crippen LogP contribution < -0.4 is 27.2 Å². The molecular weight excluding hydrogens is 476 g/mol. The highest BCUT2D eigenvalue weighted by Gasteiger charge is 2.28. The first-order chi connectivity index (χ1) is 17.2. The number of carbonyl (C=O) groups excluding carboxylic acids is 3. The Hall–Kier alpha value is -3.63. The van der Waals surface area contributed by atoms with Crippen LogP contribution in [0, 0.1) is 13.8 Å². The van der Waals surface area contributed by atoms with Crippen LogP contribution >= 0.6 is 11.8 Å². The van der Waals surface area contributed by atoms with Crippen LogP contribution in [0.3, 0.4) is 0 Å². The first-order valence-electron chi connectivity index (χ1n) is 11.6. The molecule has 0 saturated carbocycles. The van der Waals surface area contributed by atoms with Crippen molar-refractivity contribution in [1.82, 2.24) is 21.2 Å². The maximum atomic E-state index is 12.9. The molecule has 0 saturated heterocycles. The Morgan fingerprint density at radius 1 is 1.11 bits per heavy atom. The van der Waals surface area contributed by atoms with Gasteiger partial charge in [0.2, 0.25) is 5.91 Å². The van der Waals surface area contributed by atoms with Gasteiger partial charge >= 0.3 is 0 Å². The SMILES string of the molecule is C/C(NNC(=O)C1=CCC(C(=O)NCc2ccncc2)S1)=C(/C(=O)Nc1ccc(C)c(C)c1)C(C)N. The van der Waals surface area contributed by atoms with Gasteiger partial charge in [0.05, 0.1) is 15.7 Å². The molecule has 1 aromatic heterocycles. The molecule has 9 nitrogen and oxygen atoms in total. The lowest BCUT2D eigenvalue weighted by Crippen LogP contribution is -2.40. The van der Waals surface area contributed by atoms with Gasteiger partial charge in [-0.3, -0.25) is 24.8 Å². The molecule has 0 fully saturated rings. The summed E-state index contributed by atoms with van der Waals surface area (Å²) in [6.07, 6.45) is 5.52. The summed E-state index contributed by atoms with van der Waals surface area (Å²) in [6.45, 7) is 7.74. The van der Waals surface area contributed by atoms with Crippen LogP contribution in [-0.4, -0.2) is 34.0 Å². The second kappa shape index (κ2) is 12.4. The maximum absolute atomic E-state index is 12.9. The average Bonchev–Trinajstić information content (AvgIpc) is 3.34. The summed E-state index contributed by atoms with van der Waals surface area (Å²) >= 11 is 1.20. The number of pyridine rings is 1. The van der Waals surface area contributed by atoms with Gasteiger partial charge in [0, 0.05) is 36.4 Å². The predicted octanol–water partition coefficient (Wildman–Crippen LogP) is 2.58. The average molecular weight is 509 g/mol. The minimum absolute atomic E-state index is 0.137. The number of allylic oxidation sites excluding steroid dienone is 2. The Labute approximate surface area is 215 Å². The number of aromatic nitrogens is 1. The molecule has 1 aromatic carbocycles. The second-order valence-corrected chi connectivity index (χ2v) is 9.89. The second-order valence-electron chi connectivity index (χ2n) is 8.64. The minimum Gasteiger partial charge on any atom is -0.351 e. The molecule has 1 aliphatic rings. The van der Waals surface area contributed by atoms with Gasteiger partial charge in [-0.25, -0.2) is 0 Å². The molecule has 36 heavy (non-hydrogen) atoms. The number of nitrogens with two attached hydrogens (primary N) is 1. The zero-order valence-corrected chi connectivity index (χ0v) is 21.7. The van der Waals surface area contributed by atoms with Crippen LogP contribution in [0.4, 0.5) is 5.69 Å². The van der Waals surface area contributed by atoms with Gasteiger partial charge in [-0.05, 0) is 75.1 Å². The van der Waals surface area contributed by atoms with Crippen molar-refractivity contribution in [2.24, 2.45) is 5.73 Å². The summed E-state index contributed by atoms with van der Waals surface area (Å²) in [5, 5.41) is 5.37. The lowest BCUT2D eigenvalue weighted by atomic mass is 10.1. The Morgan fingerprint density at radius 3 is 2.50 bits per heavy atom. The van der Waals surface area contributed by atoms with Crippen LogP contribution in [0.5, 0.6) is 0 Å². The Kier molecular flexibility index (Phi) is 9.26. The first-order valence-corrected chi connectivity index (χ1v) is 12.5. The van der Waals surface area contributed by atoms with E-state index >= 15 is 0 Å². The van der Waals surface area contributed by atoms with Gasteiger partial charge in [-0.1, -0.05) is 12.1 Å². The fourth-order valence-corrected chi connectivity index (χ4v) is 4.63. The van der Waals surface area contributed by atoms with Crippen molar-refractivity contribution in [3.8, 4) is 0 Å². The van der Waals surface area contributed by atoms with E-state index in [0.717, 1.165) is 16.7 Å². The van der Waals surface area contributed by atoms with Gasteiger partial charge in [0.25, 0.3) is 11.8 Å². The van der Waals surface area contributed by atoms with E-state index < -0.39 is 6.04 Å². The number of carbonyl (C=O) groups is 3. The zero-order valence-electron chi connectivity index (χ0n) is 20.8. The van der Waals surface area contributed by atoms with E-state index in [0.29, 0.717) is 34.8 Å². The monoisotopic (exact) mass is 508 g/mol. The van der Waals surface area contributed by atoms with E-state index in [2.05, 4.69) is 26.5 Å². The number of hydrogen-bond acceptors (Lipinski definition) is 7. The number of benzene rings is 1. The molecule has 6 N–H and O–H groups in total. The molecule has 0 spiro atoms. The molecule has 2 aromatic rings. The van der Waals surface area contributed by atoms with Crippen molar-refractivity contribution in [3.63, 3.8) is 0 Å². The largest absolute Gasteiger partial charge is 0.351 e. The molecule has 10 heteroatoms. The van der Waals surface area contributed by atoms with Gasteiger partial charge in [-0.15, -0.1) is 11.8 Å². The molecule has 2 unspecified atom stereocenters. The number of hydrogen-bond donors (Lipinski definition) is 5. The molecule has 3 rings (SSSR count). The van der Waals surface area contributed by atoms with Gasteiger partial charge in [0.1, 0.15) is 0 Å². The highest BCUT2D eigenvalue weighted by molar-refractivity contribution is 8.05. The summed E-state index contributed by atoms with van der Waals surface area (Å²) in [4.78, 5) is 42.4.